The Morgan fingerprint density at radius 2 is 2.33 bits per heavy atom. The topological polar surface area (TPSA) is 47.4 Å². The van der Waals surface area contributed by atoms with Gasteiger partial charge in [0.15, 0.2) is 0 Å². The number of nitrogens with zero attached hydrogens (tertiary/aromatic N) is 3. The number of hydroxylamine groups is 2. The first-order chi connectivity index (χ1) is 10.0. The van der Waals surface area contributed by atoms with Gasteiger partial charge in [-0.2, -0.15) is 5.10 Å². The first-order valence-electron chi connectivity index (χ1n) is 6.85. The number of carbonyl (C=O) groups is 1. The quantitative estimate of drug-likeness (QED) is 0.620. The van der Waals surface area contributed by atoms with E-state index in [1.165, 1.54) is 25.0 Å². The van der Waals surface area contributed by atoms with E-state index in [0.29, 0.717) is 6.54 Å². The van der Waals surface area contributed by atoms with E-state index in [0.717, 1.165) is 24.3 Å². The molecular formula is C14H19F2N3O2. The highest BCUT2D eigenvalue weighted by Crippen LogP contribution is 2.24. The molecule has 0 radical (unpaired) electrons. The van der Waals surface area contributed by atoms with Crippen LogP contribution in [0.15, 0.2) is 18.3 Å². The van der Waals surface area contributed by atoms with Gasteiger partial charge in [0.1, 0.15) is 5.69 Å². The zero-order chi connectivity index (χ0) is 15.4. The lowest BCUT2D eigenvalue weighted by atomic mass is 9.94. The molecule has 7 heteroatoms. The SMILES string of the molecule is CON(CC1CC=CCC1)C(=O)c1cn(C)nc1C(F)F. The lowest BCUT2D eigenvalue weighted by Gasteiger charge is -2.26. The second-order valence-corrected chi connectivity index (χ2v) is 5.10. The van der Waals surface area contributed by atoms with E-state index in [-0.39, 0.29) is 11.5 Å². The van der Waals surface area contributed by atoms with E-state index in [9.17, 15) is 13.6 Å². The molecule has 0 N–H and O–H groups in total. The molecule has 0 spiro atoms. The Hall–Kier alpha value is -1.76. The highest BCUT2D eigenvalue weighted by molar-refractivity contribution is 5.94. The fraction of sp³-hybridized carbons (Fsp3) is 0.571. The van der Waals surface area contributed by atoms with Gasteiger partial charge in [0.2, 0.25) is 0 Å². The molecule has 21 heavy (non-hydrogen) atoms. The van der Waals surface area contributed by atoms with Crippen molar-refractivity contribution in [3.8, 4) is 0 Å². The first kappa shape index (κ1) is 15.6. The van der Waals surface area contributed by atoms with Crippen LogP contribution < -0.4 is 0 Å². The third-order valence-electron chi connectivity index (χ3n) is 3.54. The van der Waals surface area contributed by atoms with Gasteiger partial charge in [0, 0.05) is 13.2 Å². The zero-order valence-electron chi connectivity index (χ0n) is 12.1. The minimum absolute atomic E-state index is 0.110. The summed E-state index contributed by atoms with van der Waals surface area (Å²) in [6.45, 7) is 0.386. The highest BCUT2D eigenvalue weighted by atomic mass is 19.3. The average Bonchev–Trinajstić information content (AvgIpc) is 2.87. The molecule has 1 aromatic rings. The van der Waals surface area contributed by atoms with Gasteiger partial charge in [0.05, 0.1) is 19.2 Å². The Kier molecular flexibility index (Phi) is 5.06. The summed E-state index contributed by atoms with van der Waals surface area (Å²) < 4.78 is 27.1. The molecular weight excluding hydrogens is 280 g/mol. The number of hydrogen-bond donors (Lipinski definition) is 0. The number of aryl methyl sites for hydroxylation is 1. The monoisotopic (exact) mass is 299 g/mol. The van der Waals surface area contributed by atoms with E-state index >= 15 is 0 Å². The number of aromatic nitrogens is 2. The van der Waals surface area contributed by atoms with Crippen molar-refractivity contribution in [1.82, 2.24) is 14.8 Å². The van der Waals surface area contributed by atoms with E-state index < -0.39 is 18.0 Å². The molecule has 0 aliphatic heterocycles. The van der Waals surface area contributed by atoms with Gasteiger partial charge in [0.25, 0.3) is 12.3 Å². The molecule has 0 aromatic carbocycles. The molecule has 0 fully saturated rings. The second kappa shape index (κ2) is 6.80. The minimum atomic E-state index is -2.79. The third kappa shape index (κ3) is 3.66. The molecule has 1 amide bonds. The average molecular weight is 299 g/mol. The number of hydrogen-bond acceptors (Lipinski definition) is 3. The predicted molar refractivity (Wildman–Crippen MR) is 72.7 cm³/mol. The molecule has 116 valence electrons. The van der Waals surface area contributed by atoms with Crippen molar-refractivity contribution in [2.24, 2.45) is 13.0 Å². The summed E-state index contributed by atoms with van der Waals surface area (Å²) in [6.07, 6.45) is 5.47. The van der Waals surface area contributed by atoms with Crippen molar-refractivity contribution in [2.75, 3.05) is 13.7 Å². The van der Waals surface area contributed by atoms with Crippen LogP contribution in [0.3, 0.4) is 0 Å². The Bertz CT molecular complexity index is 528. The van der Waals surface area contributed by atoms with Gasteiger partial charge in [-0.05, 0) is 25.2 Å². The number of allylic oxidation sites excluding steroid dienone is 2. The van der Waals surface area contributed by atoms with Crippen LogP contribution in [-0.2, 0) is 11.9 Å². The Morgan fingerprint density at radius 3 is 2.90 bits per heavy atom. The van der Waals surface area contributed by atoms with E-state index in [2.05, 4.69) is 17.3 Å². The van der Waals surface area contributed by atoms with Crippen LogP contribution in [0.5, 0.6) is 0 Å². The maximum Gasteiger partial charge on any atom is 0.282 e. The fourth-order valence-electron chi connectivity index (χ4n) is 2.46. The third-order valence-corrected chi connectivity index (χ3v) is 3.54. The largest absolute Gasteiger partial charge is 0.282 e. The lowest BCUT2D eigenvalue weighted by molar-refractivity contribution is -0.104. The van der Waals surface area contributed by atoms with Crippen LogP contribution in [0.4, 0.5) is 8.78 Å². The molecule has 0 saturated carbocycles. The zero-order valence-corrected chi connectivity index (χ0v) is 12.1. The van der Waals surface area contributed by atoms with Crippen molar-refractivity contribution >= 4 is 5.91 Å². The van der Waals surface area contributed by atoms with Crippen molar-refractivity contribution in [3.05, 3.63) is 29.6 Å². The molecule has 1 atom stereocenters. The number of amides is 1. The van der Waals surface area contributed by atoms with E-state index in [4.69, 9.17) is 4.84 Å². The standard InChI is InChI=1S/C14H19F2N3O2/c1-18-9-11(12(17-18)13(15)16)14(20)19(21-2)8-10-6-4-3-5-7-10/h3-4,9-10,13H,5-8H2,1-2H3. The molecule has 1 heterocycles. The van der Waals surface area contributed by atoms with Crippen LogP contribution in [0.25, 0.3) is 0 Å². The predicted octanol–water partition coefficient (Wildman–Crippen LogP) is 2.72. The number of alkyl halides is 2. The van der Waals surface area contributed by atoms with Crippen molar-refractivity contribution in [1.29, 1.82) is 0 Å². The summed E-state index contributed by atoms with van der Waals surface area (Å²) in [5.74, 6) is -0.291. The molecule has 1 aromatic heterocycles. The molecule has 1 unspecified atom stereocenters. The Balaban J connectivity index is 2.14. The fourth-order valence-corrected chi connectivity index (χ4v) is 2.46. The minimum Gasteiger partial charge on any atom is -0.275 e. The summed E-state index contributed by atoms with van der Waals surface area (Å²) in [7, 11) is 2.88. The van der Waals surface area contributed by atoms with Gasteiger partial charge in [-0.1, -0.05) is 12.2 Å². The first-order valence-corrected chi connectivity index (χ1v) is 6.85. The van der Waals surface area contributed by atoms with Gasteiger partial charge in [-0.15, -0.1) is 0 Å². The normalized spacial score (nSPS) is 18.2. The number of rotatable bonds is 5. The highest BCUT2D eigenvalue weighted by Gasteiger charge is 2.28. The molecule has 1 aliphatic rings. The maximum atomic E-state index is 12.9. The van der Waals surface area contributed by atoms with Crippen LogP contribution >= 0.6 is 0 Å². The second-order valence-electron chi connectivity index (χ2n) is 5.10. The van der Waals surface area contributed by atoms with E-state index in [1.54, 1.807) is 0 Å². The van der Waals surface area contributed by atoms with Crippen LogP contribution in [0, 0.1) is 5.92 Å². The van der Waals surface area contributed by atoms with Gasteiger partial charge in [-0.3, -0.25) is 14.3 Å². The lowest BCUT2D eigenvalue weighted by Crippen LogP contribution is -2.35. The summed E-state index contributed by atoms with van der Waals surface area (Å²) in [5, 5.41) is 4.79. The molecule has 0 saturated heterocycles. The van der Waals surface area contributed by atoms with Crippen molar-refractivity contribution in [3.63, 3.8) is 0 Å². The van der Waals surface area contributed by atoms with Crippen molar-refractivity contribution in [2.45, 2.75) is 25.7 Å². The Labute approximate surface area is 122 Å². The summed E-state index contributed by atoms with van der Waals surface area (Å²) in [6, 6.07) is 0. The number of halogens is 2. The molecule has 2 rings (SSSR count). The number of carbonyl (C=O) groups excluding carboxylic acids is 1. The van der Waals surface area contributed by atoms with Crippen LogP contribution in [0.2, 0.25) is 0 Å². The van der Waals surface area contributed by atoms with E-state index in [1.807, 2.05) is 0 Å². The van der Waals surface area contributed by atoms with Gasteiger partial charge in [-0.25, -0.2) is 13.8 Å². The smallest absolute Gasteiger partial charge is 0.275 e. The Morgan fingerprint density at radius 1 is 1.57 bits per heavy atom. The van der Waals surface area contributed by atoms with Gasteiger partial charge < -0.3 is 0 Å². The van der Waals surface area contributed by atoms with Crippen LogP contribution in [0.1, 0.15) is 41.7 Å². The molecule has 5 nitrogen and oxygen atoms in total. The molecule has 0 bridgehead atoms. The van der Waals surface area contributed by atoms with Crippen molar-refractivity contribution < 1.29 is 18.4 Å². The van der Waals surface area contributed by atoms with Crippen LogP contribution in [-0.4, -0.2) is 34.4 Å². The summed E-state index contributed by atoms with van der Waals surface area (Å²) in [5.41, 5.74) is -0.617. The molecule has 1 aliphatic carbocycles. The maximum absolute atomic E-state index is 12.9. The summed E-state index contributed by atoms with van der Waals surface area (Å²) >= 11 is 0. The summed E-state index contributed by atoms with van der Waals surface area (Å²) in [4.78, 5) is 17.5. The van der Waals surface area contributed by atoms with Gasteiger partial charge >= 0.3 is 0 Å².